The third-order valence-corrected chi connectivity index (χ3v) is 1.97. The van der Waals surface area contributed by atoms with Gasteiger partial charge in [0.2, 0.25) is 0 Å². The van der Waals surface area contributed by atoms with Gasteiger partial charge in [-0.3, -0.25) is 4.79 Å². The number of hydrogen-bond donors (Lipinski definition) is 2. The van der Waals surface area contributed by atoms with Crippen LogP contribution in [0.5, 0.6) is 11.5 Å². The van der Waals surface area contributed by atoms with E-state index >= 15 is 0 Å². The van der Waals surface area contributed by atoms with Gasteiger partial charge >= 0.3 is 0 Å². The fourth-order valence-corrected chi connectivity index (χ4v) is 1.16. The van der Waals surface area contributed by atoms with Gasteiger partial charge in [-0.25, -0.2) is 0 Å². The van der Waals surface area contributed by atoms with E-state index in [1.807, 2.05) is 0 Å². The van der Waals surface area contributed by atoms with Crippen molar-refractivity contribution in [1.82, 2.24) is 0 Å². The molecule has 0 aliphatic heterocycles. The normalized spacial score (nSPS) is 10.0. The molecule has 3 nitrogen and oxygen atoms in total. The second kappa shape index (κ2) is 3.66. The molecule has 1 aromatic rings. The zero-order valence-electron chi connectivity index (χ0n) is 7.04. The Hall–Kier alpha value is -1.22. The molecule has 0 aromatic heterocycles. The van der Waals surface area contributed by atoms with E-state index in [0.29, 0.717) is 12.0 Å². The Morgan fingerprint density at radius 1 is 1.46 bits per heavy atom. The van der Waals surface area contributed by atoms with Gasteiger partial charge in [-0.05, 0) is 12.1 Å². The van der Waals surface area contributed by atoms with Crippen LogP contribution in [0.2, 0.25) is 5.02 Å². The van der Waals surface area contributed by atoms with Gasteiger partial charge in [-0.1, -0.05) is 18.5 Å². The molecule has 2 N–H and O–H groups in total. The smallest absolute Gasteiger partial charge is 0.176 e. The number of hydrogen-bond acceptors (Lipinski definition) is 3. The number of benzene rings is 1. The maximum Gasteiger partial charge on any atom is 0.176 e. The highest BCUT2D eigenvalue weighted by atomic mass is 35.5. The van der Waals surface area contributed by atoms with Crippen molar-refractivity contribution >= 4 is 17.4 Å². The van der Waals surface area contributed by atoms with E-state index in [1.54, 1.807) is 6.92 Å². The number of carbonyl (C=O) groups excluding carboxylic acids is 1. The molecule has 0 aliphatic rings. The maximum absolute atomic E-state index is 11.2. The Balaban J connectivity index is 3.20. The highest BCUT2D eigenvalue weighted by molar-refractivity contribution is 6.32. The molecule has 0 aliphatic carbocycles. The van der Waals surface area contributed by atoms with Crippen molar-refractivity contribution in [2.75, 3.05) is 0 Å². The molecular weight excluding hydrogens is 192 g/mol. The van der Waals surface area contributed by atoms with E-state index in [1.165, 1.54) is 12.1 Å². The number of phenols is 2. The molecule has 0 saturated carbocycles. The van der Waals surface area contributed by atoms with Crippen LogP contribution in [0.4, 0.5) is 0 Å². The third kappa shape index (κ3) is 1.92. The average molecular weight is 201 g/mol. The molecule has 0 unspecified atom stereocenters. The van der Waals surface area contributed by atoms with Crippen LogP contribution in [0.3, 0.4) is 0 Å². The van der Waals surface area contributed by atoms with E-state index in [4.69, 9.17) is 21.8 Å². The molecule has 0 radical (unpaired) electrons. The van der Waals surface area contributed by atoms with Crippen LogP contribution < -0.4 is 0 Å². The first-order valence-electron chi connectivity index (χ1n) is 3.81. The standard InChI is InChI=1S/C9H9ClO3/c1-2-7(11)5-3-6(10)9(13)8(12)4-5/h3-4,12-13H,2H2,1H3. The van der Waals surface area contributed by atoms with E-state index in [-0.39, 0.29) is 16.6 Å². The van der Waals surface area contributed by atoms with Crippen molar-refractivity contribution in [1.29, 1.82) is 0 Å². The summed E-state index contributed by atoms with van der Waals surface area (Å²) in [5.74, 6) is -0.893. The van der Waals surface area contributed by atoms with Gasteiger partial charge in [0, 0.05) is 12.0 Å². The summed E-state index contributed by atoms with van der Waals surface area (Å²) in [6.07, 6.45) is 0.334. The molecule has 0 bridgehead atoms. The minimum Gasteiger partial charge on any atom is -0.504 e. The summed E-state index contributed by atoms with van der Waals surface area (Å²) < 4.78 is 0. The highest BCUT2D eigenvalue weighted by Crippen LogP contribution is 2.34. The van der Waals surface area contributed by atoms with Crippen LogP contribution in [0.15, 0.2) is 12.1 Å². The molecule has 0 spiro atoms. The minimum atomic E-state index is -0.394. The Labute approximate surface area is 80.6 Å². The van der Waals surface area contributed by atoms with E-state index < -0.39 is 5.75 Å². The number of Topliss-reactive ketones (excluding diaryl/α,β-unsaturated/α-hetero) is 1. The highest BCUT2D eigenvalue weighted by Gasteiger charge is 2.10. The Morgan fingerprint density at radius 3 is 2.54 bits per heavy atom. The average Bonchev–Trinajstić information content (AvgIpc) is 2.12. The molecule has 0 saturated heterocycles. The second-order valence-electron chi connectivity index (χ2n) is 2.60. The van der Waals surface area contributed by atoms with Crippen molar-refractivity contribution in [2.45, 2.75) is 13.3 Å². The predicted molar refractivity (Wildman–Crippen MR) is 49.4 cm³/mol. The summed E-state index contributed by atoms with van der Waals surface area (Å²) in [7, 11) is 0. The van der Waals surface area contributed by atoms with Crippen molar-refractivity contribution < 1.29 is 15.0 Å². The van der Waals surface area contributed by atoms with Crippen LogP contribution in [0, 0.1) is 0 Å². The molecule has 1 rings (SSSR count). The lowest BCUT2D eigenvalue weighted by atomic mass is 10.1. The second-order valence-corrected chi connectivity index (χ2v) is 3.01. The Morgan fingerprint density at radius 2 is 2.08 bits per heavy atom. The predicted octanol–water partition coefficient (Wildman–Crippen LogP) is 2.34. The lowest BCUT2D eigenvalue weighted by Crippen LogP contribution is -1.95. The van der Waals surface area contributed by atoms with Crippen LogP contribution >= 0.6 is 11.6 Å². The monoisotopic (exact) mass is 200 g/mol. The van der Waals surface area contributed by atoms with Gasteiger partial charge in [-0.2, -0.15) is 0 Å². The van der Waals surface area contributed by atoms with Crippen LogP contribution in [-0.2, 0) is 0 Å². The van der Waals surface area contributed by atoms with Gasteiger partial charge in [0.15, 0.2) is 17.3 Å². The van der Waals surface area contributed by atoms with Crippen molar-refractivity contribution in [3.8, 4) is 11.5 Å². The van der Waals surface area contributed by atoms with Crippen LogP contribution in [0.25, 0.3) is 0 Å². The van der Waals surface area contributed by atoms with Crippen LogP contribution in [0.1, 0.15) is 23.7 Å². The molecule has 0 atom stereocenters. The topological polar surface area (TPSA) is 57.5 Å². The SMILES string of the molecule is CCC(=O)c1cc(O)c(O)c(Cl)c1. The minimum absolute atomic E-state index is 0.0169. The summed E-state index contributed by atoms with van der Waals surface area (Å²) >= 11 is 5.56. The number of halogens is 1. The summed E-state index contributed by atoms with van der Waals surface area (Å²) in [5.41, 5.74) is 0.308. The third-order valence-electron chi connectivity index (χ3n) is 1.69. The fraction of sp³-hybridized carbons (Fsp3) is 0.222. The summed E-state index contributed by atoms with van der Waals surface area (Å²) in [6.45, 7) is 1.71. The van der Waals surface area contributed by atoms with E-state index in [0.717, 1.165) is 0 Å². The van der Waals surface area contributed by atoms with Crippen molar-refractivity contribution in [3.63, 3.8) is 0 Å². The summed E-state index contributed by atoms with van der Waals surface area (Å²) in [4.78, 5) is 11.2. The van der Waals surface area contributed by atoms with Gasteiger partial charge < -0.3 is 10.2 Å². The summed E-state index contributed by atoms with van der Waals surface area (Å²) in [5, 5.41) is 18.2. The van der Waals surface area contributed by atoms with Gasteiger partial charge in [-0.15, -0.1) is 0 Å². The fourth-order valence-electron chi connectivity index (χ4n) is 0.950. The number of phenolic OH excluding ortho intramolecular Hbond substituents is 2. The first-order valence-corrected chi connectivity index (χ1v) is 4.18. The van der Waals surface area contributed by atoms with Gasteiger partial charge in [0.05, 0.1) is 5.02 Å². The van der Waals surface area contributed by atoms with Crippen LogP contribution in [-0.4, -0.2) is 16.0 Å². The lowest BCUT2D eigenvalue weighted by Gasteiger charge is -2.03. The molecule has 0 amide bonds. The van der Waals surface area contributed by atoms with Gasteiger partial charge in [0.25, 0.3) is 0 Å². The largest absolute Gasteiger partial charge is 0.504 e. The molecule has 4 heteroatoms. The summed E-state index contributed by atoms with van der Waals surface area (Å²) in [6, 6.07) is 2.54. The molecular formula is C9H9ClO3. The van der Waals surface area contributed by atoms with Crippen molar-refractivity contribution in [3.05, 3.63) is 22.7 Å². The number of ketones is 1. The molecule has 0 fully saturated rings. The number of rotatable bonds is 2. The van der Waals surface area contributed by atoms with E-state index in [2.05, 4.69) is 0 Å². The lowest BCUT2D eigenvalue weighted by molar-refractivity contribution is 0.0987. The zero-order valence-corrected chi connectivity index (χ0v) is 7.80. The Bertz CT molecular complexity index is 324. The number of carbonyl (C=O) groups is 1. The molecule has 1 aromatic carbocycles. The van der Waals surface area contributed by atoms with Gasteiger partial charge in [0.1, 0.15) is 0 Å². The first kappa shape index (κ1) is 9.86. The zero-order chi connectivity index (χ0) is 10.0. The molecule has 0 heterocycles. The molecule has 70 valence electrons. The molecule has 13 heavy (non-hydrogen) atoms. The quantitative estimate of drug-likeness (QED) is 0.569. The maximum atomic E-state index is 11.2. The first-order chi connectivity index (χ1) is 6.06. The Kier molecular flexibility index (Phi) is 2.78. The number of aromatic hydroxyl groups is 2. The van der Waals surface area contributed by atoms with E-state index in [9.17, 15) is 4.79 Å². The van der Waals surface area contributed by atoms with Crippen molar-refractivity contribution in [2.24, 2.45) is 0 Å².